The fourth-order valence-corrected chi connectivity index (χ4v) is 2.61. The van der Waals surface area contributed by atoms with E-state index in [9.17, 15) is 4.79 Å². The standard InChI is InChI=1S/C18H19Cl2NO2/c1-12-10-15(23-2)8-6-13(12)4-3-5-18(22)21-14-7-9-16(19)17(20)11-14/h6-11H,3-5H2,1-2H3,(H,21,22). The van der Waals surface area contributed by atoms with Gasteiger partial charge in [-0.2, -0.15) is 0 Å². The molecule has 2 aromatic rings. The normalized spacial score (nSPS) is 10.4. The SMILES string of the molecule is COc1ccc(CCCC(=O)Nc2ccc(Cl)c(Cl)c2)c(C)c1. The van der Waals surface area contributed by atoms with Crippen LogP contribution in [0.3, 0.4) is 0 Å². The second-order valence-corrected chi connectivity index (χ2v) is 6.14. The van der Waals surface area contributed by atoms with Gasteiger partial charge in [0.25, 0.3) is 0 Å². The maximum absolute atomic E-state index is 12.0. The molecular weight excluding hydrogens is 333 g/mol. The summed E-state index contributed by atoms with van der Waals surface area (Å²) in [6, 6.07) is 11.0. The Hall–Kier alpha value is -1.71. The minimum Gasteiger partial charge on any atom is -0.497 e. The Balaban J connectivity index is 1.84. The molecular formula is C18H19Cl2NO2. The van der Waals surface area contributed by atoms with E-state index in [-0.39, 0.29) is 5.91 Å². The Morgan fingerprint density at radius 3 is 2.57 bits per heavy atom. The van der Waals surface area contributed by atoms with E-state index >= 15 is 0 Å². The molecule has 0 aliphatic rings. The van der Waals surface area contributed by atoms with Crippen molar-refractivity contribution in [2.24, 2.45) is 0 Å². The van der Waals surface area contributed by atoms with Gasteiger partial charge in [0.15, 0.2) is 0 Å². The number of aryl methyl sites for hydroxylation is 2. The van der Waals surface area contributed by atoms with Gasteiger partial charge in [-0.3, -0.25) is 4.79 Å². The second kappa shape index (κ2) is 8.23. The first-order valence-electron chi connectivity index (χ1n) is 7.38. The topological polar surface area (TPSA) is 38.3 Å². The molecule has 3 nitrogen and oxygen atoms in total. The van der Waals surface area contributed by atoms with Crippen LogP contribution in [0.25, 0.3) is 0 Å². The van der Waals surface area contributed by atoms with E-state index in [4.69, 9.17) is 27.9 Å². The van der Waals surface area contributed by atoms with Crippen LogP contribution in [0, 0.1) is 6.92 Å². The van der Waals surface area contributed by atoms with Crippen LogP contribution in [-0.2, 0) is 11.2 Å². The largest absolute Gasteiger partial charge is 0.497 e. The number of halogens is 2. The summed E-state index contributed by atoms with van der Waals surface area (Å²) < 4.78 is 5.19. The summed E-state index contributed by atoms with van der Waals surface area (Å²) >= 11 is 11.8. The molecule has 0 bridgehead atoms. The molecule has 122 valence electrons. The number of rotatable bonds is 6. The summed E-state index contributed by atoms with van der Waals surface area (Å²) in [5.74, 6) is 0.818. The van der Waals surface area contributed by atoms with Gasteiger partial charge in [0.1, 0.15) is 5.75 Å². The van der Waals surface area contributed by atoms with Crippen LogP contribution in [0.5, 0.6) is 5.75 Å². The lowest BCUT2D eigenvalue weighted by Crippen LogP contribution is -2.11. The summed E-state index contributed by atoms with van der Waals surface area (Å²) in [5.41, 5.74) is 3.06. The molecule has 0 fully saturated rings. The van der Waals surface area contributed by atoms with Crippen molar-refractivity contribution in [1.82, 2.24) is 0 Å². The number of carbonyl (C=O) groups is 1. The van der Waals surface area contributed by atoms with Gasteiger partial charge in [-0.05, 0) is 61.2 Å². The average Bonchev–Trinajstić information content (AvgIpc) is 2.52. The molecule has 0 aliphatic heterocycles. The lowest BCUT2D eigenvalue weighted by Gasteiger charge is -2.09. The molecule has 0 aromatic heterocycles. The van der Waals surface area contributed by atoms with E-state index in [1.165, 1.54) is 11.1 Å². The van der Waals surface area contributed by atoms with Crippen LogP contribution in [0.4, 0.5) is 5.69 Å². The first-order valence-corrected chi connectivity index (χ1v) is 8.13. The summed E-state index contributed by atoms with van der Waals surface area (Å²) in [6.45, 7) is 2.05. The first kappa shape index (κ1) is 17.6. The molecule has 5 heteroatoms. The van der Waals surface area contributed by atoms with Crippen LogP contribution < -0.4 is 10.1 Å². The predicted molar refractivity (Wildman–Crippen MR) is 95.8 cm³/mol. The van der Waals surface area contributed by atoms with Gasteiger partial charge in [0.05, 0.1) is 17.2 Å². The lowest BCUT2D eigenvalue weighted by atomic mass is 10.0. The second-order valence-electron chi connectivity index (χ2n) is 5.32. The maximum Gasteiger partial charge on any atom is 0.224 e. The number of methoxy groups -OCH3 is 1. The van der Waals surface area contributed by atoms with E-state index in [0.29, 0.717) is 22.2 Å². The highest BCUT2D eigenvalue weighted by Crippen LogP contribution is 2.25. The zero-order chi connectivity index (χ0) is 16.8. The third-order valence-electron chi connectivity index (χ3n) is 3.60. The Bertz CT molecular complexity index is 701. The Morgan fingerprint density at radius 2 is 1.91 bits per heavy atom. The van der Waals surface area contributed by atoms with Crippen molar-refractivity contribution in [2.45, 2.75) is 26.2 Å². The molecule has 0 unspecified atom stereocenters. The number of carbonyl (C=O) groups excluding carboxylic acids is 1. The van der Waals surface area contributed by atoms with E-state index in [0.717, 1.165) is 18.6 Å². The molecule has 2 aromatic carbocycles. The van der Waals surface area contributed by atoms with Crippen molar-refractivity contribution in [3.05, 3.63) is 57.6 Å². The molecule has 0 saturated carbocycles. The summed E-state index contributed by atoms with van der Waals surface area (Å²) in [7, 11) is 1.65. The van der Waals surface area contributed by atoms with Gasteiger partial charge in [0.2, 0.25) is 5.91 Å². The Labute approximate surface area is 146 Å². The van der Waals surface area contributed by atoms with Gasteiger partial charge in [-0.1, -0.05) is 29.3 Å². The summed E-state index contributed by atoms with van der Waals surface area (Å²) in [6.07, 6.45) is 2.08. The zero-order valence-electron chi connectivity index (χ0n) is 13.2. The number of hydrogen-bond donors (Lipinski definition) is 1. The number of hydrogen-bond acceptors (Lipinski definition) is 2. The summed E-state index contributed by atoms with van der Waals surface area (Å²) in [4.78, 5) is 12.0. The first-order chi connectivity index (χ1) is 11.0. The van der Waals surface area contributed by atoms with Gasteiger partial charge in [-0.25, -0.2) is 0 Å². The van der Waals surface area contributed by atoms with Gasteiger partial charge < -0.3 is 10.1 Å². The zero-order valence-corrected chi connectivity index (χ0v) is 14.7. The van der Waals surface area contributed by atoms with Crippen molar-refractivity contribution >= 4 is 34.8 Å². The van der Waals surface area contributed by atoms with Crippen molar-refractivity contribution < 1.29 is 9.53 Å². The third-order valence-corrected chi connectivity index (χ3v) is 4.34. The molecule has 0 heterocycles. The third kappa shape index (κ3) is 5.15. The monoisotopic (exact) mass is 351 g/mol. The van der Waals surface area contributed by atoms with Gasteiger partial charge in [-0.15, -0.1) is 0 Å². The minimum absolute atomic E-state index is 0.0328. The fourth-order valence-electron chi connectivity index (χ4n) is 2.31. The van der Waals surface area contributed by atoms with Crippen LogP contribution >= 0.6 is 23.2 Å². The van der Waals surface area contributed by atoms with E-state index in [1.807, 2.05) is 25.1 Å². The molecule has 0 spiro atoms. The van der Waals surface area contributed by atoms with Crippen molar-refractivity contribution in [3.8, 4) is 5.75 Å². The maximum atomic E-state index is 12.0. The Kier molecular flexibility index (Phi) is 6.31. The molecule has 0 saturated heterocycles. The number of anilines is 1. The highest BCUT2D eigenvalue weighted by Gasteiger charge is 2.06. The van der Waals surface area contributed by atoms with Crippen LogP contribution in [0.2, 0.25) is 10.0 Å². The Morgan fingerprint density at radius 1 is 1.13 bits per heavy atom. The van der Waals surface area contributed by atoms with E-state index < -0.39 is 0 Å². The van der Waals surface area contributed by atoms with Gasteiger partial charge >= 0.3 is 0 Å². The molecule has 1 N–H and O–H groups in total. The molecule has 0 atom stereocenters. The number of nitrogens with one attached hydrogen (secondary N) is 1. The number of amides is 1. The van der Waals surface area contributed by atoms with Crippen LogP contribution in [0.15, 0.2) is 36.4 Å². The molecule has 1 amide bonds. The molecule has 0 radical (unpaired) electrons. The predicted octanol–water partition coefficient (Wildman–Crippen LogP) is 5.27. The lowest BCUT2D eigenvalue weighted by molar-refractivity contribution is -0.116. The minimum atomic E-state index is -0.0328. The van der Waals surface area contributed by atoms with E-state index in [2.05, 4.69) is 5.32 Å². The number of benzene rings is 2. The molecule has 23 heavy (non-hydrogen) atoms. The van der Waals surface area contributed by atoms with Crippen LogP contribution in [-0.4, -0.2) is 13.0 Å². The molecule has 2 rings (SSSR count). The quantitative estimate of drug-likeness (QED) is 0.769. The fraction of sp³-hybridized carbons (Fsp3) is 0.278. The van der Waals surface area contributed by atoms with Crippen molar-refractivity contribution in [3.63, 3.8) is 0 Å². The highest BCUT2D eigenvalue weighted by atomic mass is 35.5. The van der Waals surface area contributed by atoms with Crippen molar-refractivity contribution in [2.75, 3.05) is 12.4 Å². The van der Waals surface area contributed by atoms with Gasteiger partial charge in [0, 0.05) is 12.1 Å². The van der Waals surface area contributed by atoms with E-state index in [1.54, 1.807) is 25.3 Å². The molecule has 0 aliphatic carbocycles. The summed E-state index contributed by atoms with van der Waals surface area (Å²) in [5, 5.41) is 3.73. The number of ether oxygens (including phenoxy) is 1. The van der Waals surface area contributed by atoms with Crippen molar-refractivity contribution in [1.29, 1.82) is 0 Å². The highest BCUT2D eigenvalue weighted by molar-refractivity contribution is 6.42. The average molecular weight is 352 g/mol. The smallest absolute Gasteiger partial charge is 0.224 e. The van der Waals surface area contributed by atoms with Crippen LogP contribution in [0.1, 0.15) is 24.0 Å².